The van der Waals surface area contributed by atoms with Gasteiger partial charge in [-0.3, -0.25) is 4.79 Å². The molecule has 1 aromatic rings. The van der Waals surface area contributed by atoms with E-state index in [2.05, 4.69) is 0 Å². The van der Waals surface area contributed by atoms with E-state index in [0.29, 0.717) is 22.8 Å². The number of anilines is 1. The van der Waals surface area contributed by atoms with Crippen LogP contribution in [0.15, 0.2) is 18.2 Å². The molecule has 17 heavy (non-hydrogen) atoms. The first-order valence-electron chi connectivity index (χ1n) is 5.37. The quantitative estimate of drug-likeness (QED) is 0.831. The summed E-state index contributed by atoms with van der Waals surface area (Å²) in [6, 6.07) is 4.92. The second-order valence-corrected chi connectivity index (χ2v) is 4.70. The molecule has 2 N–H and O–H groups in total. The number of nitrogens with two attached hydrogens (primary N) is 1. The molecule has 94 valence electrons. The van der Waals surface area contributed by atoms with E-state index in [-0.39, 0.29) is 5.91 Å². The highest BCUT2D eigenvalue weighted by Crippen LogP contribution is 2.19. The minimum absolute atomic E-state index is 0.105. The van der Waals surface area contributed by atoms with Crippen molar-refractivity contribution < 1.29 is 4.79 Å². The van der Waals surface area contributed by atoms with Gasteiger partial charge in [0.05, 0.1) is 5.56 Å². The summed E-state index contributed by atoms with van der Waals surface area (Å²) in [6.45, 7) is 1.46. The largest absolute Gasteiger partial charge is 0.398 e. The molecule has 0 aromatic heterocycles. The molecule has 0 atom stereocenters. The Bertz CT molecular complexity index is 407. The summed E-state index contributed by atoms with van der Waals surface area (Å²) in [4.78, 5) is 15.8. The van der Waals surface area contributed by atoms with E-state index in [1.807, 2.05) is 19.0 Å². The van der Waals surface area contributed by atoms with Crippen LogP contribution in [0.2, 0.25) is 5.02 Å². The first-order valence-corrected chi connectivity index (χ1v) is 5.75. The zero-order valence-corrected chi connectivity index (χ0v) is 11.2. The lowest BCUT2D eigenvalue weighted by molar-refractivity contribution is 0.0787. The van der Waals surface area contributed by atoms with Crippen LogP contribution < -0.4 is 5.73 Å². The van der Waals surface area contributed by atoms with Gasteiger partial charge in [0.2, 0.25) is 0 Å². The molecule has 4 nitrogen and oxygen atoms in total. The Kier molecular flexibility index (Phi) is 4.78. The second-order valence-electron chi connectivity index (χ2n) is 4.26. The van der Waals surface area contributed by atoms with Crippen LogP contribution in [0.4, 0.5) is 5.69 Å². The van der Waals surface area contributed by atoms with Crippen molar-refractivity contribution in [3.8, 4) is 0 Å². The highest BCUT2D eigenvalue weighted by atomic mass is 35.5. The molecule has 1 amide bonds. The highest BCUT2D eigenvalue weighted by molar-refractivity contribution is 6.31. The maximum atomic E-state index is 12.1. The third-order valence-electron chi connectivity index (χ3n) is 2.48. The molecule has 0 aliphatic heterocycles. The van der Waals surface area contributed by atoms with Crippen molar-refractivity contribution in [3.63, 3.8) is 0 Å². The van der Waals surface area contributed by atoms with Gasteiger partial charge in [-0.25, -0.2) is 0 Å². The van der Waals surface area contributed by atoms with Crippen LogP contribution in [0, 0.1) is 0 Å². The number of carbonyl (C=O) groups is 1. The molecule has 0 aliphatic carbocycles. The van der Waals surface area contributed by atoms with Crippen molar-refractivity contribution in [2.75, 3.05) is 40.0 Å². The Morgan fingerprint density at radius 1 is 1.29 bits per heavy atom. The van der Waals surface area contributed by atoms with E-state index in [1.165, 1.54) is 0 Å². The van der Waals surface area contributed by atoms with E-state index >= 15 is 0 Å². The Balaban J connectivity index is 2.78. The summed E-state index contributed by atoms with van der Waals surface area (Å²) >= 11 is 5.86. The van der Waals surface area contributed by atoms with E-state index < -0.39 is 0 Å². The van der Waals surface area contributed by atoms with Gasteiger partial charge < -0.3 is 15.5 Å². The maximum Gasteiger partial charge on any atom is 0.255 e. The van der Waals surface area contributed by atoms with Crippen molar-refractivity contribution in [2.45, 2.75) is 0 Å². The molecule has 0 saturated carbocycles. The second kappa shape index (κ2) is 5.89. The van der Waals surface area contributed by atoms with Crippen molar-refractivity contribution in [3.05, 3.63) is 28.8 Å². The number of amides is 1. The molecule has 0 bridgehead atoms. The van der Waals surface area contributed by atoms with Crippen LogP contribution in [-0.4, -0.2) is 49.9 Å². The number of nitrogens with zero attached hydrogens (tertiary/aromatic N) is 2. The molecule has 0 radical (unpaired) electrons. The fraction of sp³-hybridized carbons (Fsp3) is 0.417. The summed E-state index contributed by atoms with van der Waals surface area (Å²) in [5.74, 6) is -0.105. The molecular weight excluding hydrogens is 238 g/mol. The van der Waals surface area contributed by atoms with E-state index in [9.17, 15) is 4.79 Å². The van der Waals surface area contributed by atoms with Crippen molar-refractivity contribution in [1.82, 2.24) is 9.80 Å². The fourth-order valence-electron chi connectivity index (χ4n) is 1.37. The normalized spacial score (nSPS) is 10.6. The van der Waals surface area contributed by atoms with Crippen LogP contribution in [0.1, 0.15) is 10.4 Å². The number of benzene rings is 1. The lowest BCUT2D eigenvalue weighted by Crippen LogP contribution is -2.33. The zero-order valence-electron chi connectivity index (χ0n) is 10.4. The average Bonchev–Trinajstić information content (AvgIpc) is 2.28. The predicted octanol–water partition coefficient (Wildman–Crippen LogP) is 1.56. The topological polar surface area (TPSA) is 49.6 Å². The van der Waals surface area contributed by atoms with Gasteiger partial charge >= 0.3 is 0 Å². The standard InChI is InChI=1S/C12H18ClN3O/c1-15(2)6-7-16(3)12(17)10-8-9(13)4-5-11(10)14/h4-5,8H,6-7,14H2,1-3H3. The van der Waals surface area contributed by atoms with E-state index in [0.717, 1.165) is 6.54 Å². The Morgan fingerprint density at radius 3 is 2.53 bits per heavy atom. The van der Waals surface area contributed by atoms with Gasteiger partial charge in [0.25, 0.3) is 5.91 Å². The summed E-state index contributed by atoms with van der Waals surface area (Å²) < 4.78 is 0. The minimum Gasteiger partial charge on any atom is -0.398 e. The van der Waals surface area contributed by atoms with E-state index in [4.69, 9.17) is 17.3 Å². The van der Waals surface area contributed by atoms with Gasteiger partial charge in [0.15, 0.2) is 0 Å². The third-order valence-corrected chi connectivity index (χ3v) is 2.71. The number of carbonyl (C=O) groups excluding carboxylic acids is 1. The maximum absolute atomic E-state index is 12.1. The lowest BCUT2D eigenvalue weighted by Gasteiger charge is -2.20. The minimum atomic E-state index is -0.105. The van der Waals surface area contributed by atoms with Crippen molar-refractivity contribution >= 4 is 23.2 Å². The molecule has 1 aromatic carbocycles. The summed E-state index contributed by atoms with van der Waals surface area (Å²) in [5.41, 5.74) is 6.68. The van der Waals surface area contributed by atoms with Crippen molar-refractivity contribution in [1.29, 1.82) is 0 Å². The highest BCUT2D eigenvalue weighted by Gasteiger charge is 2.14. The van der Waals surface area contributed by atoms with Crippen molar-refractivity contribution in [2.24, 2.45) is 0 Å². The van der Waals surface area contributed by atoms with Gasteiger partial charge in [-0.2, -0.15) is 0 Å². The molecule has 0 fully saturated rings. The number of likely N-dealkylation sites (N-methyl/N-ethyl adjacent to an activating group) is 2. The smallest absolute Gasteiger partial charge is 0.255 e. The molecule has 1 rings (SSSR count). The van der Waals surface area contributed by atoms with Gasteiger partial charge in [0, 0.05) is 30.8 Å². The van der Waals surface area contributed by atoms with Crippen LogP contribution in [-0.2, 0) is 0 Å². The molecule has 0 saturated heterocycles. The monoisotopic (exact) mass is 255 g/mol. The number of hydrogen-bond donors (Lipinski definition) is 1. The number of rotatable bonds is 4. The summed E-state index contributed by atoms with van der Waals surface area (Å²) in [5, 5.41) is 0.517. The van der Waals surface area contributed by atoms with Gasteiger partial charge in [-0.15, -0.1) is 0 Å². The SMILES string of the molecule is CN(C)CCN(C)C(=O)c1cc(Cl)ccc1N. The van der Waals surface area contributed by atoms with Crippen LogP contribution in [0.25, 0.3) is 0 Å². The number of halogens is 1. The first kappa shape index (κ1) is 13.8. The Labute approximate surface area is 107 Å². The molecular formula is C12H18ClN3O. The molecule has 5 heteroatoms. The van der Waals surface area contributed by atoms with Crippen LogP contribution >= 0.6 is 11.6 Å². The van der Waals surface area contributed by atoms with Gasteiger partial charge in [-0.05, 0) is 32.3 Å². The number of hydrogen-bond acceptors (Lipinski definition) is 3. The van der Waals surface area contributed by atoms with E-state index in [1.54, 1.807) is 30.1 Å². The molecule has 0 spiro atoms. The third kappa shape index (κ3) is 3.91. The predicted molar refractivity (Wildman–Crippen MR) is 71.4 cm³/mol. The Hall–Kier alpha value is -1.26. The summed E-state index contributed by atoms with van der Waals surface area (Å²) in [7, 11) is 5.68. The van der Waals surface area contributed by atoms with Crippen LogP contribution in [0.5, 0.6) is 0 Å². The lowest BCUT2D eigenvalue weighted by atomic mass is 10.1. The fourth-order valence-corrected chi connectivity index (χ4v) is 1.54. The average molecular weight is 256 g/mol. The Morgan fingerprint density at radius 2 is 1.94 bits per heavy atom. The molecule has 0 heterocycles. The zero-order chi connectivity index (χ0) is 13.0. The van der Waals surface area contributed by atoms with Crippen LogP contribution in [0.3, 0.4) is 0 Å². The molecule has 0 unspecified atom stereocenters. The van der Waals surface area contributed by atoms with Gasteiger partial charge in [-0.1, -0.05) is 11.6 Å². The summed E-state index contributed by atoms with van der Waals surface area (Å²) in [6.07, 6.45) is 0. The first-order chi connectivity index (χ1) is 7.91. The number of nitrogen functional groups attached to an aromatic ring is 1. The van der Waals surface area contributed by atoms with Gasteiger partial charge in [0.1, 0.15) is 0 Å². The molecule has 0 aliphatic rings.